The summed E-state index contributed by atoms with van der Waals surface area (Å²) in [7, 11) is 0. The second-order valence-electron chi connectivity index (χ2n) is 6.77. The van der Waals surface area contributed by atoms with Crippen LogP contribution < -0.4 is 9.47 Å². The van der Waals surface area contributed by atoms with Crippen molar-refractivity contribution in [2.24, 2.45) is 0 Å². The van der Waals surface area contributed by atoms with E-state index in [0.29, 0.717) is 18.1 Å². The van der Waals surface area contributed by atoms with Crippen molar-refractivity contribution in [2.45, 2.75) is 18.5 Å². The van der Waals surface area contributed by atoms with Crippen molar-refractivity contribution in [1.29, 1.82) is 0 Å². The van der Waals surface area contributed by atoms with Gasteiger partial charge in [-0.1, -0.05) is 53.7 Å². The first kappa shape index (κ1) is 24.7. The van der Waals surface area contributed by atoms with Crippen molar-refractivity contribution in [3.63, 3.8) is 0 Å². The minimum atomic E-state index is -4.74. The monoisotopic (exact) mass is 496 g/mol. The van der Waals surface area contributed by atoms with Gasteiger partial charge in [0.15, 0.2) is 11.6 Å². The Kier molecular flexibility index (Phi) is 8.09. The molecule has 1 atom stereocenters. The third kappa shape index (κ3) is 6.55. The molecule has 33 heavy (non-hydrogen) atoms. The summed E-state index contributed by atoms with van der Waals surface area (Å²) in [5.74, 6) is 0.0224. The number of ether oxygens (including phenoxy) is 2. The quantitative estimate of drug-likeness (QED) is 0.185. The van der Waals surface area contributed by atoms with Gasteiger partial charge >= 0.3 is 6.18 Å². The van der Waals surface area contributed by atoms with E-state index in [1.807, 2.05) is 0 Å². The predicted molar refractivity (Wildman–Crippen MR) is 121 cm³/mol. The Bertz CT molecular complexity index is 1150. The highest BCUT2D eigenvalue weighted by Crippen LogP contribution is 2.38. The zero-order valence-corrected chi connectivity index (χ0v) is 18.8. The molecule has 3 rings (SSSR count). The Balaban J connectivity index is 1.97. The second-order valence-corrected chi connectivity index (χ2v) is 7.61. The SMILES string of the molecule is CCOc1ccc(C(=C=C(Cl)C(Cl)c2ccc(F)c(Oc3ccccc3)c2)C(F)(F)F)cc1. The Morgan fingerprint density at radius 2 is 1.64 bits per heavy atom. The van der Waals surface area contributed by atoms with Crippen LogP contribution in [-0.2, 0) is 0 Å². The molecule has 0 aromatic heterocycles. The Morgan fingerprint density at radius 1 is 0.970 bits per heavy atom. The second kappa shape index (κ2) is 10.8. The number of rotatable bonds is 7. The number of benzene rings is 3. The van der Waals surface area contributed by atoms with Gasteiger partial charge in [-0.05, 0) is 54.4 Å². The smallest absolute Gasteiger partial charge is 0.424 e. The largest absolute Gasteiger partial charge is 0.494 e. The van der Waals surface area contributed by atoms with Gasteiger partial charge in [0.2, 0.25) is 0 Å². The molecule has 172 valence electrons. The Labute approximate surface area is 198 Å². The van der Waals surface area contributed by atoms with Crippen molar-refractivity contribution in [3.8, 4) is 17.2 Å². The third-order valence-electron chi connectivity index (χ3n) is 4.42. The van der Waals surface area contributed by atoms with E-state index in [4.69, 9.17) is 32.7 Å². The maximum Gasteiger partial charge on any atom is 0.424 e. The van der Waals surface area contributed by atoms with Gasteiger partial charge < -0.3 is 9.47 Å². The summed E-state index contributed by atoms with van der Waals surface area (Å²) in [4.78, 5) is 0. The average molecular weight is 497 g/mol. The van der Waals surface area contributed by atoms with Crippen LogP contribution >= 0.6 is 23.2 Å². The highest BCUT2D eigenvalue weighted by molar-refractivity contribution is 6.37. The molecule has 0 fully saturated rings. The van der Waals surface area contributed by atoms with E-state index in [-0.39, 0.29) is 16.9 Å². The molecule has 0 aliphatic heterocycles. The molecule has 0 aliphatic rings. The van der Waals surface area contributed by atoms with Crippen molar-refractivity contribution in [1.82, 2.24) is 0 Å². The highest BCUT2D eigenvalue weighted by Gasteiger charge is 2.35. The summed E-state index contributed by atoms with van der Waals surface area (Å²) in [6.07, 6.45) is -4.74. The number of alkyl halides is 4. The van der Waals surface area contributed by atoms with Gasteiger partial charge in [0, 0.05) is 0 Å². The van der Waals surface area contributed by atoms with Crippen LogP contribution in [0.15, 0.2) is 83.6 Å². The molecule has 1 unspecified atom stereocenters. The molecule has 2 nitrogen and oxygen atoms in total. The first-order valence-electron chi connectivity index (χ1n) is 9.82. The molecule has 0 aliphatic carbocycles. The van der Waals surface area contributed by atoms with Gasteiger partial charge in [-0.3, -0.25) is 0 Å². The zero-order chi connectivity index (χ0) is 24.0. The molecular weight excluding hydrogens is 479 g/mol. The van der Waals surface area contributed by atoms with Gasteiger partial charge in [0.1, 0.15) is 22.4 Å². The fourth-order valence-electron chi connectivity index (χ4n) is 2.89. The van der Waals surface area contributed by atoms with E-state index in [0.717, 1.165) is 6.07 Å². The Hall–Kier alpha value is -2.92. The summed E-state index contributed by atoms with van der Waals surface area (Å²) in [6.45, 7) is 2.15. The van der Waals surface area contributed by atoms with Crippen LogP contribution in [-0.4, -0.2) is 12.8 Å². The minimum absolute atomic E-state index is 0.139. The molecule has 0 amide bonds. The predicted octanol–water partition coefficient (Wildman–Crippen LogP) is 8.66. The lowest BCUT2D eigenvalue weighted by Gasteiger charge is -2.13. The standard InChI is InChI=1S/C25H18Cl2F4O2/c1-2-32-18-11-8-16(9-12-18)20(25(29,30)31)15-21(26)24(27)17-10-13-22(28)23(14-17)33-19-6-4-3-5-7-19/h3-14,24H,2H2,1H3. The lowest BCUT2D eigenvalue weighted by atomic mass is 10.0. The van der Waals surface area contributed by atoms with E-state index < -0.39 is 28.0 Å². The van der Waals surface area contributed by atoms with Gasteiger partial charge in [-0.15, -0.1) is 11.6 Å². The lowest BCUT2D eigenvalue weighted by Crippen LogP contribution is -2.10. The molecular formula is C25H18Cl2F4O2. The summed E-state index contributed by atoms with van der Waals surface area (Å²) < 4.78 is 66.2. The van der Waals surface area contributed by atoms with Gasteiger partial charge in [-0.2, -0.15) is 13.2 Å². The number of hydrogen-bond acceptors (Lipinski definition) is 2. The molecule has 0 heterocycles. The number of halogens is 6. The molecule has 8 heteroatoms. The van der Waals surface area contributed by atoms with E-state index in [1.54, 1.807) is 37.3 Å². The van der Waals surface area contributed by atoms with Crippen LogP contribution in [0.3, 0.4) is 0 Å². The normalized spacial score (nSPS) is 12.0. The van der Waals surface area contributed by atoms with Crippen molar-refractivity contribution in [2.75, 3.05) is 6.61 Å². The molecule has 3 aromatic rings. The maximum absolute atomic E-state index is 14.2. The van der Waals surface area contributed by atoms with Gasteiger partial charge in [-0.25, -0.2) is 4.39 Å². The van der Waals surface area contributed by atoms with Crippen LogP contribution in [0, 0.1) is 5.82 Å². The van der Waals surface area contributed by atoms with E-state index >= 15 is 0 Å². The highest BCUT2D eigenvalue weighted by atomic mass is 35.5. The first-order valence-corrected chi connectivity index (χ1v) is 10.6. The van der Waals surface area contributed by atoms with Crippen LogP contribution in [0.1, 0.15) is 23.4 Å². The fourth-order valence-corrected chi connectivity index (χ4v) is 3.30. The first-order chi connectivity index (χ1) is 15.7. The average Bonchev–Trinajstić information content (AvgIpc) is 2.79. The van der Waals surface area contributed by atoms with Crippen LogP contribution in [0.5, 0.6) is 17.2 Å². The van der Waals surface area contributed by atoms with Crippen molar-refractivity contribution >= 4 is 28.8 Å². The number of hydrogen-bond donors (Lipinski definition) is 0. The van der Waals surface area contributed by atoms with Gasteiger partial charge in [0.25, 0.3) is 0 Å². The molecule has 0 saturated heterocycles. The minimum Gasteiger partial charge on any atom is -0.494 e. The van der Waals surface area contributed by atoms with E-state index in [2.05, 4.69) is 5.73 Å². The van der Waals surface area contributed by atoms with Crippen LogP contribution in [0.4, 0.5) is 17.6 Å². The molecule has 0 saturated carbocycles. The molecule has 0 spiro atoms. The Morgan fingerprint density at radius 3 is 2.24 bits per heavy atom. The summed E-state index contributed by atoms with van der Waals surface area (Å²) in [6, 6.07) is 17.5. The summed E-state index contributed by atoms with van der Waals surface area (Å²) in [5, 5.41) is -1.62. The molecule has 0 bridgehead atoms. The zero-order valence-electron chi connectivity index (χ0n) is 17.3. The molecule has 0 N–H and O–H groups in total. The molecule has 3 aromatic carbocycles. The molecule has 0 radical (unpaired) electrons. The van der Waals surface area contributed by atoms with E-state index in [9.17, 15) is 17.6 Å². The van der Waals surface area contributed by atoms with Gasteiger partial charge in [0.05, 0.1) is 11.6 Å². The number of allylic oxidation sites excluding steroid dienone is 1. The topological polar surface area (TPSA) is 18.5 Å². The van der Waals surface area contributed by atoms with Crippen molar-refractivity contribution < 1.29 is 27.0 Å². The van der Waals surface area contributed by atoms with Crippen LogP contribution in [0.25, 0.3) is 5.57 Å². The summed E-state index contributed by atoms with van der Waals surface area (Å²) in [5.41, 5.74) is 1.17. The maximum atomic E-state index is 14.2. The van der Waals surface area contributed by atoms with Crippen LogP contribution in [0.2, 0.25) is 0 Å². The summed E-state index contributed by atoms with van der Waals surface area (Å²) >= 11 is 12.5. The van der Waals surface area contributed by atoms with Crippen molar-refractivity contribution in [3.05, 3.63) is 101 Å². The third-order valence-corrected chi connectivity index (χ3v) is 5.32. The lowest BCUT2D eigenvalue weighted by molar-refractivity contribution is -0.0688. The number of para-hydroxylation sites is 1. The van der Waals surface area contributed by atoms with E-state index in [1.165, 1.54) is 36.4 Å². The fraction of sp³-hybridized carbons (Fsp3) is 0.160.